The normalized spacial score (nSPS) is 10.4. The van der Waals surface area contributed by atoms with Crippen molar-refractivity contribution in [3.8, 4) is 0 Å². The van der Waals surface area contributed by atoms with Crippen molar-refractivity contribution >= 4 is 5.91 Å². The number of likely N-dealkylation sites (N-methyl/N-ethyl adjacent to an activating group) is 1. The predicted octanol–water partition coefficient (Wildman–Crippen LogP) is 0.0311. The highest BCUT2D eigenvalue weighted by molar-refractivity contribution is 5.77. The van der Waals surface area contributed by atoms with Gasteiger partial charge in [-0.2, -0.15) is 0 Å². The number of carbonyl (C=O) groups is 1. The first kappa shape index (κ1) is 12.7. The standard InChI is InChI=1S/C10H17N3O3/c1-13(7-9-11-3-4-12-9)10(14)8-16-6-5-15-2/h3-4H,5-8H2,1-2H3,(H,11,12). The second kappa shape index (κ2) is 6.97. The maximum Gasteiger partial charge on any atom is 0.248 e. The Labute approximate surface area is 94.6 Å². The molecular weight excluding hydrogens is 210 g/mol. The summed E-state index contributed by atoms with van der Waals surface area (Å²) in [6, 6.07) is 0. The van der Waals surface area contributed by atoms with Gasteiger partial charge in [0.25, 0.3) is 0 Å². The van der Waals surface area contributed by atoms with Gasteiger partial charge in [0, 0.05) is 26.6 Å². The van der Waals surface area contributed by atoms with Crippen LogP contribution in [0, 0.1) is 0 Å². The molecule has 0 aliphatic rings. The van der Waals surface area contributed by atoms with E-state index in [0.717, 1.165) is 5.82 Å². The molecule has 0 fully saturated rings. The van der Waals surface area contributed by atoms with E-state index < -0.39 is 0 Å². The summed E-state index contributed by atoms with van der Waals surface area (Å²) < 4.78 is 9.93. The number of nitrogens with one attached hydrogen (secondary N) is 1. The van der Waals surface area contributed by atoms with Crippen LogP contribution in [0.1, 0.15) is 5.82 Å². The molecule has 0 radical (unpaired) electrons. The van der Waals surface area contributed by atoms with Gasteiger partial charge in [-0.1, -0.05) is 0 Å². The molecule has 1 aromatic heterocycles. The molecule has 0 unspecified atom stereocenters. The molecule has 0 aromatic carbocycles. The number of H-pyrrole nitrogens is 1. The Balaban J connectivity index is 2.20. The molecule has 1 aromatic rings. The van der Waals surface area contributed by atoms with Gasteiger partial charge in [-0.05, 0) is 0 Å². The van der Waals surface area contributed by atoms with Crippen LogP contribution in [0.25, 0.3) is 0 Å². The van der Waals surface area contributed by atoms with E-state index in [1.54, 1.807) is 31.5 Å². The molecular formula is C10H17N3O3. The zero-order valence-electron chi connectivity index (χ0n) is 9.60. The Bertz CT molecular complexity index is 300. The summed E-state index contributed by atoms with van der Waals surface area (Å²) in [4.78, 5) is 20.1. The summed E-state index contributed by atoms with van der Waals surface area (Å²) in [5.41, 5.74) is 0. The first-order valence-corrected chi connectivity index (χ1v) is 5.03. The van der Waals surface area contributed by atoms with E-state index in [0.29, 0.717) is 19.8 Å². The molecule has 90 valence electrons. The summed E-state index contributed by atoms with van der Waals surface area (Å²) in [5, 5.41) is 0. The molecule has 0 saturated carbocycles. The Morgan fingerprint density at radius 1 is 1.56 bits per heavy atom. The minimum Gasteiger partial charge on any atom is -0.382 e. The summed E-state index contributed by atoms with van der Waals surface area (Å²) in [7, 11) is 3.30. The van der Waals surface area contributed by atoms with Gasteiger partial charge in [0.2, 0.25) is 5.91 Å². The third-order valence-corrected chi connectivity index (χ3v) is 2.02. The van der Waals surface area contributed by atoms with E-state index in [1.807, 2.05) is 0 Å². The summed E-state index contributed by atoms with van der Waals surface area (Å²) >= 11 is 0. The number of aromatic nitrogens is 2. The lowest BCUT2D eigenvalue weighted by Crippen LogP contribution is -2.30. The van der Waals surface area contributed by atoms with E-state index in [9.17, 15) is 4.79 Å². The average molecular weight is 227 g/mol. The van der Waals surface area contributed by atoms with Gasteiger partial charge < -0.3 is 19.4 Å². The van der Waals surface area contributed by atoms with Gasteiger partial charge in [0.05, 0.1) is 19.8 Å². The zero-order chi connectivity index (χ0) is 11.8. The van der Waals surface area contributed by atoms with E-state index in [-0.39, 0.29) is 12.5 Å². The summed E-state index contributed by atoms with van der Waals surface area (Å²) in [6.45, 7) is 1.45. The fourth-order valence-corrected chi connectivity index (χ4v) is 1.11. The smallest absolute Gasteiger partial charge is 0.248 e. The highest BCUT2D eigenvalue weighted by Crippen LogP contribution is 1.96. The Morgan fingerprint density at radius 2 is 2.38 bits per heavy atom. The molecule has 1 heterocycles. The maximum atomic E-state index is 11.6. The molecule has 0 atom stereocenters. The zero-order valence-corrected chi connectivity index (χ0v) is 9.60. The number of amides is 1. The molecule has 1 amide bonds. The number of aromatic amines is 1. The SMILES string of the molecule is COCCOCC(=O)N(C)Cc1ncc[nH]1. The van der Waals surface area contributed by atoms with E-state index in [2.05, 4.69) is 9.97 Å². The predicted molar refractivity (Wildman–Crippen MR) is 57.8 cm³/mol. The van der Waals surface area contributed by atoms with Crippen LogP contribution >= 0.6 is 0 Å². The van der Waals surface area contributed by atoms with Crippen molar-refractivity contribution in [1.29, 1.82) is 0 Å². The number of carbonyl (C=O) groups excluding carboxylic acids is 1. The lowest BCUT2D eigenvalue weighted by Gasteiger charge is -2.15. The second-order valence-electron chi connectivity index (χ2n) is 3.33. The topological polar surface area (TPSA) is 67.5 Å². The van der Waals surface area contributed by atoms with E-state index >= 15 is 0 Å². The number of hydrogen-bond donors (Lipinski definition) is 1. The van der Waals surface area contributed by atoms with Crippen LogP contribution in [-0.2, 0) is 20.8 Å². The lowest BCUT2D eigenvalue weighted by atomic mass is 10.5. The molecule has 6 nitrogen and oxygen atoms in total. The molecule has 0 saturated heterocycles. The number of rotatable bonds is 7. The van der Waals surface area contributed by atoms with Crippen LogP contribution in [0.4, 0.5) is 0 Å². The van der Waals surface area contributed by atoms with Crippen LogP contribution in [0.5, 0.6) is 0 Å². The van der Waals surface area contributed by atoms with Crippen molar-refractivity contribution < 1.29 is 14.3 Å². The fraction of sp³-hybridized carbons (Fsp3) is 0.600. The van der Waals surface area contributed by atoms with Crippen molar-refractivity contribution in [3.63, 3.8) is 0 Å². The average Bonchev–Trinajstić information content (AvgIpc) is 2.76. The van der Waals surface area contributed by atoms with Crippen molar-refractivity contribution in [2.45, 2.75) is 6.54 Å². The molecule has 1 rings (SSSR count). The number of ether oxygens (including phenoxy) is 2. The molecule has 16 heavy (non-hydrogen) atoms. The number of methoxy groups -OCH3 is 1. The summed E-state index contributed by atoms with van der Waals surface area (Å²) in [6.07, 6.45) is 3.38. The van der Waals surface area contributed by atoms with Crippen LogP contribution in [0.3, 0.4) is 0 Å². The first-order chi connectivity index (χ1) is 7.74. The van der Waals surface area contributed by atoms with Crippen molar-refractivity contribution in [3.05, 3.63) is 18.2 Å². The molecule has 6 heteroatoms. The molecule has 1 N–H and O–H groups in total. The maximum absolute atomic E-state index is 11.6. The highest BCUT2D eigenvalue weighted by atomic mass is 16.5. The number of imidazole rings is 1. The third-order valence-electron chi connectivity index (χ3n) is 2.02. The van der Waals surface area contributed by atoms with Gasteiger partial charge in [-0.15, -0.1) is 0 Å². The quantitative estimate of drug-likeness (QED) is 0.667. The number of nitrogens with zero attached hydrogens (tertiary/aromatic N) is 2. The minimum atomic E-state index is -0.0764. The van der Waals surface area contributed by atoms with Gasteiger partial charge in [0.15, 0.2) is 0 Å². The minimum absolute atomic E-state index is 0.0700. The van der Waals surface area contributed by atoms with Gasteiger partial charge in [-0.3, -0.25) is 4.79 Å². The molecule has 0 aliphatic carbocycles. The Kier molecular flexibility index (Phi) is 5.52. The van der Waals surface area contributed by atoms with Crippen LogP contribution in [-0.4, -0.2) is 54.8 Å². The van der Waals surface area contributed by atoms with E-state index in [1.165, 1.54) is 0 Å². The van der Waals surface area contributed by atoms with Crippen molar-refractivity contribution in [2.75, 3.05) is 34.0 Å². The first-order valence-electron chi connectivity index (χ1n) is 5.03. The monoisotopic (exact) mass is 227 g/mol. The van der Waals surface area contributed by atoms with E-state index in [4.69, 9.17) is 9.47 Å². The fourth-order valence-electron chi connectivity index (χ4n) is 1.11. The number of hydrogen-bond acceptors (Lipinski definition) is 4. The lowest BCUT2D eigenvalue weighted by molar-refractivity contribution is -0.135. The second-order valence-corrected chi connectivity index (χ2v) is 3.33. The highest BCUT2D eigenvalue weighted by Gasteiger charge is 2.09. The Morgan fingerprint density at radius 3 is 3.00 bits per heavy atom. The largest absolute Gasteiger partial charge is 0.382 e. The van der Waals surface area contributed by atoms with Crippen LogP contribution in [0.15, 0.2) is 12.4 Å². The molecule has 0 spiro atoms. The van der Waals surface area contributed by atoms with Crippen molar-refractivity contribution in [1.82, 2.24) is 14.9 Å². The van der Waals surface area contributed by atoms with Gasteiger partial charge >= 0.3 is 0 Å². The van der Waals surface area contributed by atoms with Gasteiger partial charge in [-0.25, -0.2) is 4.98 Å². The van der Waals surface area contributed by atoms with Crippen LogP contribution < -0.4 is 0 Å². The molecule has 0 aliphatic heterocycles. The van der Waals surface area contributed by atoms with Crippen LogP contribution in [0.2, 0.25) is 0 Å². The molecule has 0 bridgehead atoms. The van der Waals surface area contributed by atoms with Gasteiger partial charge in [0.1, 0.15) is 12.4 Å². The Hall–Kier alpha value is -1.40. The van der Waals surface area contributed by atoms with Crippen molar-refractivity contribution in [2.24, 2.45) is 0 Å². The summed E-state index contributed by atoms with van der Waals surface area (Å²) in [5.74, 6) is 0.681. The third kappa shape index (κ3) is 4.41.